The van der Waals surface area contributed by atoms with Crippen molar-refractivity contribution in [3.63, 3.8) is 0 Å². The summed E-state index contributed by atoms with van der Waals surface area (Å²) in [6.45, 7) is 3.65. The first-order chi connectivity index (χ1) is 9.73. The Balaban J connectivity index is 5.90. The van der Waals surface area contributed by atoms with Gasteiger partial charge < -0.3 is 9.47 Å². The molecule has 0 aromatic heterocycles. The molecule has 0 amide bonds. The molecule has 0 fully saturated rings. The molecule has 0 saturated carbocycles. The lowest BCUT2D eigenvalue weighted by Crippen LogP contribution is -2.55. The van der Waals surface area contributed by atoms with Crippen molar-refractivity contribution in [2.75, 3.05) is 27.4 Å². The van der Waals surface area contributed by atoms with Crippen molar-refractivity contribution in [1.29, 1.82) is 0 Å². The fourth-order valence-electron chi connectivity index (χ4n) is 1.37. The summed E-state index contributed by atoms with van der Waals surface area (Å²) in [6, 6.07) is 0. The van der Waals surface area contributed by atoms with Crippen LogP contribution in [0.25, 0.3) is 0 Å². The average molecular weight is 326 g/mol. The standard InChI is InChI=1S/C11H19O9P/c1-6-18-21(15,19-7-2)20-11(8(3)12,9(13)16-4)10(14)17-5/h6-7H2,1-5H3. The molecule has 0 bridgehead atoms. The van der Waals surface area contributed by atoms with Crippen molar-refractivity contribution < 1.29 is 42.0 Å². The van der Waals surface area contributed by atoms with Crippen molar-refractivity contribution in [1.82, 2.24) is 0 Å². The summed E-state index contributed by atoms with van der Waals surface area (Å²) in [4.78, 5) is 35.5. The normalized spacial score (nSPS) is 11.9. The van der Waals surface area contributed by atoms with Crippen LogP contribution in [-0.2, 0) is 42.0 Å². The van der Waals surface area contributed by atoms with E-state index in [2.05, 4.69) is 9.47 Å². The number of hydrogen-bond acceptors (Lipinski definition) is 9. The zero-order valence-corrected chi connectivity index (χ0v) is 13.4. The Labute approximate surface area is 122 Å². The number of ketones is 1. The maximum atomic E-state index is 12.3. The Morgan fingerprint density at radius 3 is 1.57 bits per heavy atom. The fourth-order valence-corrected chi connectivity index (χ4v) is 2.80. The average Bonchev–Trinajstić information content (AvgIpc) is 2.43. The molecule has 0 rings (SSSR count). The van der Waals surface area contributed by atoms with E-state index >= 15 is 0 Å². The van der Waals surface area contributed by atoms with Gasteiger partial charge in [0.2, 0.25) is 0 Å². The maximum absolute atomic E-state index is 12.3. The molecule has 0 aliphatic carbocycles. The Hall–Kier alpha value is -1.28. The molecule has 0 aromatic rings. The first kappa shape index (κ1) is 19.7. The molecule has 21 heavy (non-hydrogen) atoms. The number of esters is 2. The number of rotatable bonds is 9. The SMILES string of the molecule is CCOP(=O)(OCC)OC(C(C)=O)(C(=O)OC)C(=O)OC. The summed E-state index contributed by atoms with van der Waals surface area (Å²) >= 11 is 0. The lowest BCUT2D eigenvalue weighted by atomic mass is 10.0. The second kappa shape index (κ2) is 8.23. The predicted octanol–water partition coefficient (Wildman–Crippen LogP) is 0.858. The van der Waals surface area contributed by atoms with Crippen molar-refractivity contribution in [3.8, 4) is 0 Å². The minimum atomic E-state index is -4.35. The van der Waals surface area contributed by atoms with Crippen LogP contribution >= 0.6 is 7.82 Å². The van der Waals surface area contributed by atoms with E-state index in [1.54, 1.807) is 0 Å². The molecule has 0 aromatic carbocycles. The van der Waals surface area contributed by atoms with E-state index in [4.69, 9.17) is 13.6 Å². The third kappa shape index (κ3) is 4.34. The van der Waals surface area contributed by atoms with Gasteiger partial charge in [-0.1, -0.05) is 0 Å². The lowest BCUT2D eigenvalue weighted by Gasteiger charge is -2.28. The highest BCUT2D eigenvalue weighted by molar-refractivity contribution is 7.48. The Kier molecular flexibility index (Phi) is 7.73. The minimum absolute atomic E-state index is 0.104. The summed E-state index contributed by atoms with van der Waals surface area (Å²) in [5.41, 5.74) is -2.87. The number of carbonyl (C=O) groups is 3. The molecule has 0 aliphatic rings. The lowest BCUT2D eigenvalue weighted by molar-refractivity contribution is -0.181. The number of ether oxygens (including phenoxy) is 2. The summed E-state index contributed by atoms with van der Waals surface area (Å²) < 4.78 is 35.6. The molecule has 10 heteroatoms. The highest BCUT2D eigenvalue weighted by Crippen LogP contribution is 2.53. The molecule has 0 saturated heterocycles. The van der Waals surface area contributed by atoms with Crippen LogP contribution in [-0.4, -0.2) is 50.8 Å². The van der Waals surface area contributed by atoms with E-state index in [1.165, 1.54) is 13.8 Å². The Bertz CT molecular complexity index is 419. The van der Waals surface area contributed by atoms with Crippen LogP contribution in [0.3, 0.4) is 0 Å². The van der Waals surface area contributed by atoms with E-state index < -0.39 is 31.1 Å². The zero-order valence-electron chi connectivity index (χ0n) is 12.5. The molecule has 0 aliphatic heterocycles. The summed E-state index contributed by atoms with van der Waals surface area (Å²) in [5.74, 6) is -3.86. The van der Waals surface area contributed by atoms with E-state index in [-0.39, 0.29) is 13.2 Å². The van der Waals surface area contributed by atoms with E-state index in [1.807, 2.05) is 0 Å². The highest BCUT2D eigenvalue weighted by atomic mass is 31.2. The van der Waals surface area contributed by atoms with Gasteiger partial charge in [0.15, 0.2) is 5.78 Å². The van der Waals surface area contributed by atoms with Gasteiger partial charge in [-0.05, 0) is 20.8 Å². The molecular formula is C11H19O9P. The van der Waals surface area contributed by atoms with E-state index in [0.29, 0.717) is 0 Å². The monoisotopic (exact) mass is 326 g/mol. The molecule has 0 atom stereocenters. The zero-order chi connectivity index (χ0) is 16.7. The van der Waals surface area contributed by atoms with Crippen molar-refractivity contribution in [2.24, 2.45) is 0 Å². The number of phosphoric ester groups is 1. The Morgan fingerprint density at radius 2 is 1.33 bits per heavy atom. The quantitative estimate of drug-likeness (QED) is 0.345. The molecule has 9 nitrogen and oxygen atoms in total. The van der Waals surface area contributed by atoms with Crippen LogP contribution in [0.15, 0.2) is 0 Å². The van der Waals surface area contributed by atoms with Crippen LogP contribution in [0.4, 0.5) is 0 Å². The molecule has 0 heterocycles. The number of phosphoric acid groups is 1. The van der Waals surface area contributed by atoms with Crippen LogP contribution < -0.4 is 0 Å². The third-order valence-electron chi connectivity index (χ3n) is 2.26. The molecule has 0 spiro atoms. The number of hydrogen-bond donors (Lipinski definition) is 0. The third-order valence-corrected chi connectivity index (χ3v) is 3.91. The van der Waals surface area contributed by atoms with Crippen LogP contribution in [0.5, 0.6) is 0 Å². The van der Waals surface area contributed by atoms with Gasteiger partial charge >= 0.3 is 25.4 Å². The highest BCUT2D eigenvalue weighted by Gasteiger charge is 2.59. The van der Waals surface area contributed by atoms with Gasteiger partial charge in [0, 0.05) is 0 Å². The van der Waals surface area contributed by atoms with Crippen molar-refractivity contribution in [3.05, 3.63) is 0 Å². The smallest absolute Gasteiger partial charge is 0.466 e. The van der Waals surface area contributed by atoms with Gasteiger partial charge in [-0.3, -0.25) is 13.8 Å². The molecule has 122 valence electrons. The van der Waals surface area contributed by atoms with E-state index in [0.717, 1.165) is 21.1 Å². The van der Waals surface area contributed by atoms with Crippen molar-refractivity contribution in [2.45, 2.75) is 26.4 Å². The van der Waals surface area contributed by atoms with Crippen LogP contribution in [0.2, 0.25) is 0 Å². The first-order valence-corrected chi connectivity index (χ1v) is 7.47. The maximum Gasteiger partial charge on any atom is 0.476 e. The fraction of sp³-hybridized carbons (Fsp3) is 0.727. The minimum Gasteiger partial charge on any atom is -0.466 e. The van der Waals surface area contributed by atoms with Gasteiger partial charge in [-0.2, -0.15) is 0 Å². The number of methoxy groups -OCH3 is 2. The van der Waals surface area contributed by atoms with E-state index in [9.17, 15) is 18.9 Å². The van der Waals surface area contributed by atoms with Crippen LogP contribution in [0.1, 0.15) is 20.8 Å². The summed E-state index contributed by atoms with van der Waals surface area (Å²) in [7, 11) is -2.49. The molecular weight excluding hydrogens is 307 g/mol. The topological polar surface area (TPSA) is 114 Å². The second-order valence-corrected chi connectivity index (χ2v) is 5.19. The van der Waals surface area contributed by atoms with Crippen LogP contribution in [0, 0.1) is 0 Å². The van der Waals surface area contributed by atoms with Gasteiger partial charge in [-0.15, -0.1) is 0 Å². The van der Waals surface area contributed by atoms with Gasteiger partial charge in [-0.25, -0.2) is 18.7 Å². The largest absolute Gasteiger partial charge is 0.476 e. The molecule has 0 radical (unpaired) electrons. The van der Waals surface area contributed by atoms with Gasteiger partial charge in [0.25, 0.3) is 0 Å². The first-order valence-electron chi connectivity index (χ1n) is 6.01. The number of Topliss-reactive ketones (excluding diaryl/α,β-unsaturated/α-hetero) is 1. The van der Waals surface area contributed by atoms with Gasteiger partial charge in [0.05, 0.1) is 27.4 Å². The predicted molar refractivity (Wildman–Crippen MR) is 69.4 cm³/mol. The number of carbonyl (C=O) groups excluding carboxylic acids is 3. The molecule has 0 N–H and O–H groups in total. The summed E-state index contributed by atoms with van der Waals surface area (Å²) in [6.07, 6.45) is 0. The Morgan fingerprint density at radius 1 is 0.952 bits per heavy atom. The second-order valence-electron chi connectivity index (χ2n) is 3.59. The molecule has 0 unspecified atom stereocenters. The van der Waals surface area contributed by atoms with Crippen molar-refractivity contribution >= 4 is 25.5 Å². The summed E-state index contributed by atoms with van der Waals surface area (Å²) in [5, 5.41) is 0. The van der Waals surface area contributed by atoms with Gasteiger partial charge in [0.1, 0.15) is 0 Å².